The zero-order chi connectivity index (χ0) is 11.3. The highest BCUT2D eigenvalue weighted by molar-refractivity contribution is 7.98. The van der Waals surface area contributed by atoms with Gasteiger partial charge in [-0.3, -0.25) is 11.3 Å². The fraction of sp³-hybridized carbons (Fsp3) is 0.500. The summed E-state index contributed by atoms with van der Waals surface area (Å²) in [7, 11) is 0. The van der Waals surface area contributed by atoms with E-state index in [1.54, 1.807) is 0 Å². The van der Waals surface area contributed by atoms with E-state index in [0.29, 0.717) is 0 Å². The van der Waals surface area contributed by atoms with Crippen molar-refractivity contribution in [1.82, 2.24) is 5.43 Å². The second-order valence-corrected chi connectivity index (χ2v) is 4.83. The summed E-state index contributed by atoms with van der Waals surface area (Å²) >= 11 is 1.85. The van der Waals surface area contributed by atoms with Gasteiger partial charge in [0.2, 0.25) is 0 Å². The zero-order valence-electron chi connectivity index (χ0n) is 9.71. The smallest absolute Gasteiger partial charge is 0.0467 e. The molecule has 0 radical (unpaired) electrons. The third kappa shape index (κ3) is 3.52. The van der Waals surface area contributed by atoms with E-state index in [9.17, 15) is 0 Å². The Balaban J connectivity index is 2.78. The summed E-state index contributed by atoms with van der Waals surface area (Å²) in [5.41, 5.74) is 6.84. The van der Waals surface area contributed by atoms with Crippen LogP contribution < -0.4 is 11.3 Å². The normalized spacial score (nSPS) is 12.8. The van der Waals surface area contributed by atoms with E-state index in [1.807, 2.05) is 11.8 Å². The van der Waals surface area contributed by atoms with Crippen molar-refractivity contribution in [3.05, 3.63) is 34.9 Å². The van der Waals surface area contributed by atoms with Crippen LogP contribution in [0.4, 0.5) is 0 Å². The highest BCUT2D eigenvalue weighted by atomic mass is 32.2. The number of hydrazine groups is 1. The molecule has 3 heteroatoms. The van der Waals surface area contributed by atoms with Crippen LogP contribution in [0.1, 0.15) is 29.2 Å². The van der Waals surface area contributed by atoms with Gasteiger partial charge in [0, 0.05) is 6.04 Å². The van der Waals surface area contributed by atoms with Crippen LogP contribution in [0.25, 0.3) is 0 Å². The number of rotatable bonds is 5. The van der Waals surface area contributed by atoms with E-state index in [4.69, 9.17) is 5.84 Å². The SMILES string of the molecule is CSCCC(NN)c1ccc(C)c(C)c1. The van der Waals surface area contributed by atoms with Gasteiger partial charge in [-0.25, -0.2) is 0 Å². The average molecular weight is 224 g/mol. The highest BCUT2D eigenvalue weighted by Gasteiger charge is 2.09. The molecule has 1 rings (SSSR count). The monoisotopic (exact) mass is 224 g/mol. The molecule has 1 aromatic carbocycles. The molecule has 3 N–H and O–H groups in total. The number of benzene rings is 1. The molecule has 0 aliphatic heterocycles. The molecule has 1 atom stereocenters. The van der Waals surface area contributed by atoms with Crippen molar-refractivity contribution >= 4 is 11.8 Å². The van der Waals surface area contributed by atoms with E-state index < -0.39 is 0 Å². The fourth-order valence-corrected chi connectivity index (χ4v) is 2.03. The van der Waals surface area contributed by atoms with Crippen molar-refractivity contribution < 1.29 is 0 Å². The van der Waals surface area contributed by atoms with Crippen molar-refractivity contribution in [3.63, 3.8) is 0 Å². The zero-order valence-corrected chi connectivity index (χ0v) is 10.5. The fourth-order valence-electron chi connectivity index (χ4n) is 1.56. The molecule has 0 aliphatic carbocycles. The highest BCUT2D eigenvalue weighted by Crippen LogP contribution is 2.20. The minimum absolute atomic E-state index is 0.275. The topological polar surface area (TPSA) is 38.0 Å². The molecule has 84 valence electrons. The summed E-state index contributed by atoms with van der Waals surface area (Å²) < 4.78 is 0. The number of thioether (sulfide) groups is 1. The van der Waals surface area contributed by atoms with E-state index in [0.717, 1.165) is 12.2 Å². The van der Waals surface area contributed by atoms with Crippen molar-refractivity contribution in [3.8, 4) is 0 Å². The molecule has 0 saturated heterocycles. The van der Waals surface area contributed by atoms with Crippen LogP contribution in [-0.4, -0.2) is 12.0 Å². The number of aryl methyl sites for hydroxylation is 2. The van der Waals surface area contributed by atoms with Crippen molar-refractivity contribution in [2.45, 2.75) is 26.3 Å². The van der Waals surface area contributed by atoms with Crippen LogP contribution in [0.15, 0.2) is 18.2 Å². The van der Waals surface area contributed by atoms with Gasteiger partial charge < -0.3 is 0 Å². The standard InChI is InChI=1S/C12H20N2S/c1-9-4-5-11(8-10(9)2)12(14-13)6-7-15-3/h4-5,8,12,14H,6-7,13H2,1-3H3. The Morgan fingerprint density at radius 2 is 2.07 bits per heavy atom. The van der Waals surface area contributed by atoms with Gasteiger partial charge in [-0.1, -0.05) is 18.2 Å². The lowest BCUT2D eigenvalue weighted by molar-refractivity contribution is 0.542. The molecular weight excluding hydrogens is 204 g/mol. The Morgan fingerprint density at radius 1 is 1.33 bits per heavy atom. The van der Waals surface area contributed by atoms with Gasteiger partial charge in [-0.2, -0.15) is 11.8 Å². The second kappa shape index (κ2) is 6.16. The van der Waals surface area contributed by atoms with Gasteiger partial charge >= 0.3 is 0 Å². The Kier molecular flexibility index (Phi) is 5.15. The minimum Gasteiger partial charge on any atom is -0.271 e. The Hall–Kier alpha value is -0.510. The Morgan fingerprint density at radius 3 is 2.60 bits per heavy atom. The van der Waals surface area contributed by atoms with Gasteiger partial charge in [0.1, 0.15) is 0 Å². The molecule has 0 spiro atoms. The Bertz CT molecular complexity index is 312. The lowest BCUT2D eigenvalue weighted by Gasteiger charge is -2.16. The molecule has 2 nitrogen and oxygen atoms in total. The minimum atomic E-state index is 0.275. The van der Waals surface area contributed by atoms with Crippen molar-refractivity contribution in [2.24, 2.45) is 5.84 Å². The average Bonchev–Trinajstić information content (AvgIpc) is 2.24. The third-order valence-corrected chi connectivity index (χ3v) is 3.39. The van der Waals surface area contributed by atoms with Gasteiger partial charge in [0.05, 0.1) is 0 Å². The van der Waals surface area contributed by atoms with Crippen LogP contribution in [0.3, 0.4) is 0 Å². The predicted octanol–water partition coefficient (Wildman–Crippen LogP) is 2.56. The lowest BCUT2D eigenvalue weighted by Crippen LogP contribution is -2.28. The quantitative estimate of drug-likeness (QED) is 0.596. The second-order valence-electron chi connectivity index (χ2n) is 3.84. The largest absolute Gasteiger partial charge is 0.271 e. The molecule has 0 amide bonds. The van der Waals surface area contributed by atoms with Crippen LogP contribution in [-0.2, 0) is 0 Å². The van der Waals surface area contributed by atoms with Gasteiger partial charge in [-0.05, 0) is 49.0 Å². The van der Waals surface area contributed by atoms with E-state index in [-0.39, 0.29) is 6.04 Å². The van der Waals surface area contributed by atoms with Gasteiger partial charge in [0.25, 0.3) is 0 Å². The maximum Gasteiger partial charge on any atom is 0.0467 e. The molecule has 0 aliphatic rings. The summed E-state index contributed by atoms with van der Waals surface area (Å²) in [6.07, 6.45) is 3.19. The molecule has 1 aromatic rings. The lowest BCUT2D eigenvalue weighted by atomic mass is 10.00. The van der Waals surface area contributed by atoms with Crippen LogP contribution in [0.2, 0.25) is 0 Å². The molecule has 0 fully saturated rings. The van der Waals surface area contributed by atoms with Gasteiger partial charge in [-0.15, -0.1) is 0 Å². The number of hydrogen-bond acceptors (Lipinski definition) is 3. The van der Waals surface area contributed by atoms with Crippen molar-refractivity contribution in [2.75, 3.05) is 12.0 Å². The molecule has 0 aromatic heterocycles. The molecule has 0 heterocycles. The van der Waals surface area contributed by atoms with Crippen molar-refractivity contribution in [1.29, 1.82) is 0 Å². The Labute approximate surface area is 96.6 Å². The molecule has 1 unspecified atom stereocenters. The first-order valence-electron chi connectivity index (χ1n) is 5.21. The van der Waals surface area contributed by atoms with E-state index in [2.05, 4.69) is 43.7 Å². The first-order chi connectivity index (χ1) is 7.19. The number of hydrogen-bond donors (Lipinski definition) is 2. The number of nitrogens with two attached hydrogens (primary N) is 1. The molecule has 0 bridgehead atoms. The summed E-state index contributed by atoms with van der Waals surface area (Å²) in [5.74, 6) is 6.70. The van der Waals surface area contributed by atoms with E-state index >= 15 is 0 Å². The first kappa shape index (κ1) is 12.6. The molecule has 15 heavy (non-hydrogen) atoms. The van der Waals surface area contributed by atoms with E-state index in [1.165, 1.54) is 16.7 Å². The summed E-state index contributed by atoms with van der Waals surface area (Å²) in [4.78, 5) is 0. The maximum absolute atomic E-state index is 5.57. The molecule has 0 saturated carbocycles. The molecular formula is C12H20N2S. The van der Waals surface area contributed by atoms with Crippen LogP contribution >= 0.6 is 11.8 Å². The summed E-state index contributed by atoms with van der Waals surface area (Å²) in [5, 5.41) is 0. The first-order valence-corrected chi connectivity index (χ1v) is 6.60. The van der Waals surface area contributed by atoms with Crippen LogP contribution in [0.5, 0.6) is 0 Å². The summed E-state index contributed by atoms with van der Waals surface area (Å²) in [6, 6.07) is 6.82. The van der Waals surface area contributed by atoms with Gasteiger partial charge in [0.15, 0.2) is 0 Å². The van der Waals surface area contributed by atoms with Crippen LogP contribution in [0, 0.1) is 13.8 Å². The third-order valence-electron chi connectivity index (χ3n) is 2.75. The number of nitrogens with one attached hydrogen (secondary N) is 1. The summed E-state index contributed by atoms with van der Waals surface area (Å²) in [6.45, 7) is 4.27. The maximum atomic E-state index is 5.57. The predicted molar refractivity (Wildman–Crippen MR) is 69.0 cm³/mol.